The molecule has 0 radical (unpaired) electrons. The quantitative estimate of drug-likeness (QED) is 0.510. The molecule has 32 heavy (non-hydrogen) atoms. The van der Waals surface area contributed by atoms with Crippen molar-refractivity contribution in [2.24, 2.45) is 5.92 Å². The topological polar surface area (TPSA) is 80.3 Å². The van der Waals surface area contributed by atoms with Crippen molar-refractivity contribution in [3.8, 4) is 5.75 Å². The van der Waals surface area contributed by atoms with E-state index in [4.69, 9.17) is 23.7 Å². The number of aryl methyl sites for hydroxylation is 1. The molecule has 2 aliphatic rings. The number of ether oxygens (including phenoxy) is 5. The third-order valence-corrected chi connectivity index (χ3v) is 5.54. The number of fused-ring (bicyclic) bond motifs is 2. The highest BCUT2D eigenvalue weighted by Crippen LogP contribution is 2.33. The lowest BCUT2D eigenvalue weighted by molar-refractivity contribution is -0.152. The van der Waals surface area contributed by atoms with Gasteiger partial charge in [0.15, 0.2) is 18.4 Å². The van der Waals surface area contributed by atoms with Gasteiger partial charge in [-0.15, -0.1) is 0 Å². The number of ketones is 1. The largest absolute Gasteiger partial charge is 0.467 e. The van der Waals surface area contributed by atoms with Crippen molar-refractivity contribution in [3.05, 3.63) is 47.1 Å². The SMILES string of the molecule is COCOc1cc(C)cc2c1C(=O)O[C@@H](C)[C@H](C)/C=C\C(=O)[C@H]1OC(C)(C)O[C@H]1CC=C2. The molecule has 3 rings (SSSR count). The number of hydrogen-bond acceptors (Lipinski definition) is 7. The zero-order chi connectivity index (χ0) is 23.5. The molecule has 0 N–H and O–H groups in total. The second kappa shape index (κ2) is 9.98. The van der Waals surface area contributed by atoms with Crippen molar-refractivity contribution in [1.82, 2.24) is 0 Å². The zero-order valence-corrected chi connectivity index (χ0v) is 19.5. The highest BCUT2D eigenvalue weighted by Gasteiger charge is 2.43. The second-order valence-corrected chi connectivity index (χ2v) is 8.74. The van der Waals surface area contributed by atoms with Gasteiger partial charge in [0.25, 0.3) is 0 Å². The van der Waals surface area contributed by atoms with E-state index in [1.165, 1.54) is 13.2 Å². The minimum atomic E-state index is -0.853. The van der Waals surface area contributed by atoms with Crippen molar-refractivity contribution in [2.75, 3.05) is 13.9 Å². The van der Waals surface area contributed by atoms with Gasteiger partial charge >= 0.3 is 5.97 Å². The Hall–Kier alpha value is -2.48. The average molecular weight is 445 g/mol. The highest BCUT2D eigenvalue weighted by molar-refractivity contribution is 5.97. The first kappa shape index (κ1) is 24.2. The van der Waals surface area contributed by atoms with E-state index < -0.39 is 30.1 Å². The van der Waals surface area contributed by atoms with Gasteiger partial charge in [0.2, 0.25) is 0 Å². The molecule has 0 aliphatic carbocycles. The molecule has 0 unspecified atom stereocenters. The number of carbonyl (C=O) groups excluding carboxylic acids is 2. The maximum Gasteiger partial charge on any atom is 0.342 e. The number of cyclic esters (lactones) is 1. The molecular weight excluding hydrogens is 412 g/mol. The summed E-state index contributed by atoms with van der Waals surface area (Å²) in [5.74, 6) is -1.30. The van der Waals surface area contributed by atoms with Crippen LogP contribution in [0.5, 0.6) is 5.75 Å². The number of carbonyl (C=O) groups is 2. The summed E-state index contributed by atoms with van der Waals surface area (Å²) < 4.78 is 28.3. The van der Waals surface area contributed by atoms with Crippen molar-refractivity contribution in [1.29, 1.82) is 0 Å². The molecule has 0 bridgehead atoms. The summed E-state index contributed by atoms with van der Waals surface area (Å²) in [7, 11) is 1.52. The molecule has 4 atom stereocenters. The van der Waals surface area contributed by atoms with Gasteiger partial charge < -0.3 is 23.7 Å². The lowest BCUT2D eigenvalue weighted by Crippen LogP contribution is -2.30. The highest BCUT2D eigenvalue weighted by atomic mass is 16.8. The predicted molar refractivity (Wildman–Crippen MR) is 119 cm³/mol. The van der Waals surface area contributed by atoms with Crippen LogP contribution in [0.25, 0.3) is 6.08 Å². The van der Waals surface area contributed by atoms with Crippen molar-refractivity contribution >= 4 is 17.8 Å². The van der Waals surface area contributed by atoms with Gasteiger partial charge in [-0.1, -0.05) is 31.2 Å². The molecule has 0 saturated carbocycles. The Morgan fingerprint density at radius 3 is 2.59 bits per heavy atom. The summed E-state index contributed by atoms with van der Waals surface area (Å²) in [6.45, 7) is 9.20. The van der Waals surface area contributed by atoms with E-state index >= 15 is 0 Å². The number of benzene rings is 1. The third-order valence-electron chi connectivity index (χ3n) is 5.54. The fraction of sp³-hybridized carbons (Fsp3) is 0.520. The molecule has 0 aromatic heterocycles. The summed E-state index contributed by atoms with van der Waals surface area (Å²) in [4.78, 5) is 26.0. The van der Waals surface area contributed by atoms with Crippen LogP contribution in [0.15, 0.2) is 30.4 Å². The van der Waals surface area contributed by atoms with Crippen molar-refractivity contribution < 1.29 is 33.3 Å². The molecule has 1 aromatic rings. The average Bonchev–Trinajstić information content (AvgIpc) is 3.03. The summed E-state index contributed by atoms with van der Waals surface area (Å²) in [6, 6.07) is 3.68. The monoisotopic (exact) mass is 444 g/mol. The van der Waals surface area contributed by atoms with Crippen molar-refractivity contribution in [2.45, 2.75) is 65.1 Å². The fourth-order valence-corrected chi connectivity index (χ4v) is 3.78. The van der Waals surface area contributed by atoms with Crippen LogP contribution in [0.4, 0.5) is 0 Å². The molecule has 7 nitrogen and oxygen atoms in total. The van der Waals surface area contributed by atoms with E-state index in [-0.39, 0.29) is 18.5 Å². The van der Waals surface area contributed by atoms with Crippen LogP contribution in [-0.2, 0) is 23.7 Å². The molecule has 0 spiro atoms. The number of methoxy groups -OCH3 is 1. The number of esters is 1. The standard InChI is InChI=1S/C25H32O7/c1-15-12-18-8-7-9-20-23(32-25(4,5)31-20)19(26)11-10-16(2)17(3)30-24(27)22(18)21(13-15)29-14-28-6/h7-8,10-13,16-17,20,23H,9,14H2,1-6H3/b8-7?,11-10-/t16-,17+,20+,23-/m1/s1. The Labute approximate surface area is 189 Å². The van der Waals surface area contributed by atoms with Crippen LogP contribution >= 0.6 is 0 Å². The van der Waals surface area contributed by atoms with Crippen LogP contribution < -0.4 is 4.74 Å². The zero-order valence-electron chi connectivity index (χ0n) is 19.5. The smallest absolute Gasteiger partial charge is 0.342 e. The third kappa shape index (κ3) is 5.65. The van der Waals surface area contributed by atoms with Crippen molar-refractivity contribution in [3.63, 3.8) is 0 Å². The first-order chi connectivity index (χ1) is 15.1. The Morgan fingerprint density at radius 1 is 1.12 bits per heavy atom. The molecule has 1 aromatic carbocycles. The Bertz CT molecular complexity index is 915. The summed E-state index contributed by atoms with van der Waals surface area (Å²) in [6.07, 6.45) is 5.79. The van der Waals surface area contributed by atoms with E-state index in [1.54, 1.807) is 32.9 Å². The molecule has 2 heterocycles. The fourth-order valence-electron chi connectivity index (χ4n) is 3.78. The van der Waals surface area contributed by atoms with Gasteiger partial charge in [0.1, 0.15) is 23.5 Å². The van der Waals surface area contributed by atoms with Crippen LogP contribution in [0, 0.1) is 12.8 Å². The lowest BCUT2D eigenvalue weighted by Gasteiger charge is -2.21. The maximum atomic E-state index is 13.1. The maximum absolute atomic E-state index is 13.1. The Morgan fingerprint density at radius 2 is 1.88 bits per heavy atom. The minimum Gasteiger partial charge on any atom is -0.467 e. The number of hydrogen-bond donors (Lipinski definition) is 0. The molecule has 1 fully saturated rings. The van der Waals surface area contributed by atoms with Gasteiger partial charge in [-0.2, -0.15) is 0 Å². The minimum absolute atomic E-state index is 0.00765. The second-order valence-electron chi connectivity index (χ2n) is 8.74. The van der Waals surface area contributed by atoms with Gasteiger partial charge in [0.05, 0.1) is 6.10 Å². The van der Waals surface area contributed by atoms with E-state index in [1.807, 2.05) is 32.1 Å². The molecule has 0 amide bonds. The molecule has 7 heteroatoms. The Balaban J connectivity index is 2.05. The Kier molecular flexibility index (Phi) is 7.54. The number of rotatable bonds is 3. The van der Waals surface area contributed by atoms with Crippen LogP contribution in [0.3, 0.4) is 0 Å². The van der Waals surface area contributed by atoms with E-state index in [9.17, 15) is 9.59 Å². The first-order valence-corrected chi connectivity index (χ1v) is 10.8. The van der Waals surface area contributed by atoms with Gasteiger partial charge in [-0.05, 0) is 57.4 Å². The first-order valence-electron chi connectivity index (χ1n) is 10.8. The summed E-state index contributed by atoms with van der Waals surface area (Å²) >= 11 is 0. The normalized spacial score (nSPS) is 28.9. The van der Waals surface area contributed by atoms with E-state index in [2.05, 4.69) is 0 Å². The molecular formula is C25H32O7. The van der Waals surface area contributed by atoms with Crippen LogP contribution in [0.1, 0.15) is 55.6 Å². The van der Waals surface area contributed by atoms with Gasteiger partial charge in [-0.25, -0.2) is 4.79 Å². The van der Waals surface area contributed by atoms with Crippen LogP contribution in [-0.4, -0.2) is 49.8 Å². The summed E-state index contributed by atoms with van der Waals surface area (Å²) in [5.41, 5.74) is 1.92. The van der Waals surface area contributed by atoms with Crippen LogP contribution in [0.2, 0.25) is 0 Å². The molecule has 174 valence electrons. The predicted octanol–water partition coefficient (Wildman–Crippen LogP) is 4.22. The molecule has 1 saturated heterocycles. The lowest BCUT2D eigenvalue weighted by atomic mass is 9.99. The van der Waals surface area contributed by atoms with E-state index in [0.29, 0.717) is 23.3 Å². The van der Waals surface area contributed by atoms with Gasteiger partial charge in [0, 0.05) is 13.0 Å². The van der Waals surface area contributed by atoms with Gasteiger partial charge in [-0.3, -0.25) is 4.79 Å². The summed E-state index contributed by atoms with van der Waals surface area (Å²) in [5, 5.41) is 0. The van der Waals surface area contributed by atoms with E-state index in [0.717, 1.165) is 5.56 Å². The molecule has 2 aliphatic heterocycles.